The van der Waals surface area contributed by atoms with Crippen molar-refractivity contribution in [2.75, 3.05) is 0 Å². The lowest BCUT2D eigenvalue weighted by molar-refractivity contribution is -0.153. The Balaban J connectivity index is 3.11. The summed E-state index contributed by atoms with van der Waals surface area (Å²) in [6, 6.07) is 7.82. The van der Waals surface area contributed by atoms with Crippen LogP contribution in [0.1, 0.15) is 45.7 Å². The number of hydrogen-bond donors (Lipinski definition) is 1. The molecule has 0 spiro atoms. The predicted octanol–water partition coefficient (Wildman–Crippen LogP) is 3.48. The molecular formula is C15H22INO2. The van der Waals surface area contributed by atoms with Crippen molar-refractivity contribution in [3.05, 3.63) is 35.4 Å². The third kappa shape index (κ3) is 4.18. The highest BCUT2D eigenvalue weighted by Crippen LogP contribution is 2.31. The molecular weight excluding hydrogens is 353 g/mol. The number of rotatable bonds is 4. The lowest BCUT2D eigenvalue weighted by Crippen LogP contribution is -2.33. The maximum absolute atomic E-state index is 12.2. The van der Waals surface area contributed by atoms with Gasteiger partial charge in [-0.05, 0) is 45.7 Å². The van der Waals surface area contributed by atoms with Crippen molar-refractivity contribution in [2.24, 2.45) is 5.73 Å². The zero-order chi connectivity index (χ0) is 14.8. The van der Waals surface area contributed by atoms with E-state index in [1.54, 1.807) is 0 Å². The third-order valence-corrected chi connectivity index (χ3v) is 3.62. The fourth-order valence-electron chi connectivity index (χ4n) is 1.69. The Morgan fingerprint density at radius 3 is 2.26 bits per heavy atom. The van der Waals surface area contributed by atoms with Crippen LogP contribution in [0.4, 0.5) is 0 Å². The van der Waals surface area contributed by atoms with Gasteiger partial charge >= 0.3 is 5.97 Å². The molecule has 1 aromatic rings. The Kier molecular flexibility index (Phi) is 5.01. The first-order valence-electron chi connectivity index (χ1n) is 6.35. The Hall–Kier alpha value is -0.620. The molecule has 19 heavy (non-hydrogen) atoms. The van der Waals surface area contributed by atoms with Crippen molar-refractivity contribution >= 4 is 28.6 Å². The van der Waals surface area contributed by atoms with E-state index in [9.17, 15) is 4.79 Å². The van der Waals surface area contributed by atoms with E-state index in [0.29, 0.717) is 0 Å². The number of ether oxygens (including phenoxy) is 1. The molecule has 1 rings (SSSR count). The monoisotopic (exact) mass is 375 g/mol. The number of halogens is 1. The number of nitrogens with two attached hydrogens (primary N) is 1. The summed E-state index contributed by atoms with van der Waals surface area (Å²) in [6.45, 7) is 9.39. The van der Waals surface area contributed by atoms with Gasteiger partial charge in [-0.3, -0.25) is 4.79 Å². The first kappa shape index (κ1) is 16.4. The van der Waals surface area contributed by atoms with Gasteiger partial charge in [0.05, 0.1) is 15.1 Å². The van der Waals surface area contributed by atoms with Crippen molar-refractivity contribution in [3.8, 4) is 0 Å². The molecule has 1 atom stereocenters. The van der Waals surface area contributed by atoms with E-state index in [0.717, 1.165) is 11.1 Å². The molecule has 1 unspecified atom stereocenters. The van der Waals surface area contributed by atoms with Gasteiger partial charge in [-0.15, -0.1) is 0 Å². The second kappa shape index (κ2) is 5.79. The van der Waals surface area contributed by atoms with Crippen molar-refractivity contribution in [3.63, 3.8) is 0 Å². The summed E-state index contributed by atoms with van der Waals surface area (Å²) in [4.78, 5) is 12.2. The van der Waals surface area contributed by atoms with Gasteiger partial charge in [0.15, 0.2) is 0 Å². The smallest absolute Gasteiger partial charge is 0.316 e. The molecule has 3 nitrogen and oxygen atoms in total. The fourth-order valence-corrected chi connectivity index (χ4v) is 2.03. The minimum Gasteiger partial charge on any atom is -0.462 e. The number of benzene rings is 1. The van der Waals surface area contributed by atoms with Gasteiger partial charge in [-0.25, -0.2) is 0 Å². The van der Waals surface area contributed by atoms with Crippen molar-refractivity contribution in [1.82, 2.24) is 0 Å². The SMILES string of the molecule is CC(C)OC(=O)C(C)(C)c1cccc(C(C)(N)I)c1. The molecule has 0 saturated carbocycles. The lowest BCUT2D eigenvalue weighted by atomic mass is 9.83. The Labute approximate surface area is 129 Å². The lowest BCUT2D eigenvalue weighted by Gasteiger charge is -2.26. The summed E-state index contributed by atoms with van der Waals surface area (Å²) in [5, 5.41) is 0. The highest BCUT2D eigenvalue weighted by molar-refractivity contribution is 14.1. The largest absolute Gasteiger partial charge is 0.462 e. The van der Waals surface area contributed by atoms with Crippen LogP contribution in [0.15, 0.2) is 24.3 Å². The highest BCUT2D eigenvalue weighted by Gasteiger charge is 2.33. The summed E-state index contributed by atoms with van der Waals surface area (Å²) in [6.07, 6.45) is -0.112. The second-order valence-corrected chi connectivity index (χ2v) is 7.98. The Morgan fingerprint density at radius 1 is 1.26 bits per heavy atom. The van der Waals surface area contributed by atoms with E-state index < -0.39 is 8.96 Å². The van der Waals surface area contributed by atoms with Crippen LogP contribution in [0.5, 0.6) is 0 Å². The molecule has 0 amide bonds. The van der Waals surface area contributed by atoms with Crippen LogP contribution < -0.4 is 5.73 Å². The van der Waals surface area contributed by atoms with Gasteiger partial charge in [0.25, 0.3) is 0 Å². The molecule has 0 radical (unpaired) electrons. The van der Waals surface area contributed by atoms with Crippen LogP contribution in [-0.2, 0) is 18.5 Å². The number of carbonyl (C=O) groups is 1. The van der Waals surface area contributed by atoms with Gasteiger partial charge in [-0.1, -0.05) is 46.9 Å². The fraction of sp³-hybridized carbons (Fsp3) is 0.533. The molecule has 0 fully saturated rings. The number of hydrogen-bond acceptors (Lipinski definition) is 3. The van der Waals surface area contributed by atoms with E-state index in [-0.39, 0.29) is 12.1 Å². The summed E-state index contributed by atoms with van der Waals surface area (Å²) in [5.74, 6) is -0.216. The van der Waals surface area contributed by atoms with Crippen molar-refractivity contribution in [2.45, 2.75) is 49.7 Å². The van der Waals surface area contributed by atoms with Gasteiger partial charge in [-0.2, -0.15) is 0 Å². The van der Waals surface area contributed by atoms with Gasteiger partial charge in [0.2, 0.25) is 0 Å². The maximum atomic E-state index is 12.2. The predicted molar refractivity (Wildman–Crippen MR) is 86.3 cm³/mol. The normalized spacial score (nSPS) is 15.2. The van der Waals surface area contributed by atoms with Crippen LogP contribution in [0.2, 0.25) is 0 Å². The molecule has 0 aliphatic rings. The first-order chi connectivity index (χ1) is 8.55. The number of alkyl halides is 1. The topological polar surface area (TPSA) is 52.3 Å². The van der Waals surface area contributed by atoms with E-state index in [1.807, 2.05) is 58.9 Å². The van der Waals surface area contributed by atoms with Crippen LogP contribution in [0.25, 0.3) is 0 Å². The van der Waals surface area contributed by atoms with Gasteiger partial charge in [0, 0.05) is 0 Å². The molecule has 2 N–H and O–H groups in total. The third-order valence-electron chi connectivity index (χ3n) is 3.00. The molecule has 0 aliphatic heterocycles. The molecule has 0 aliphatic carbocycles. The quantitative estimate of drug-likeness (QED) is 0.379. The molecule has 106 valence electrons. The van der Waals surface area contributed by atoms with Gasteiger partial charge in [0.1, 0.15) is 0 Å². The zero-order valence-electron chi connectivity index (χ0n) is 12.2. The molecule has 0 bridgehead atoms. The number of carbonyl (C=O) groups excluding carboxylic acids is 1. The summed E-state index contributed by atoms with van der Waals surface area (Å²) in [7, 11) is 0. The molecule has 0 aromatic heterocycles. The van der Waals surface area contributed by atoms with Crippen LogP contribution in [0, 0.1) is 0 Å². The molecule has 4 heteroatoms. The maximum Gasteiger partial charge on any atom is 0.316 e. The molecule has 1 aromatic carbocycles. The van der Waals surface area contributed by atoms with E-state index >= 15 is 0 Å². The minimum atomic E-state index is -0.678. The summed E-state index contributed by atoms with van der Waals surface area (Å²) < 4.78 is 4.87. The van der Waals surface area contributed by atoms with Crippen molar-refractivity contribution < 1.29 is 9.53 Å². The molecule has 0 saturated heterocycles. The van der Waals surface area contributed by atoms with E-state index in [1.165, 1.54) is 0 Å². The van der Waals surface area contributed by atoms with Crippen LogP contribution >= 0.6 is 22.6 Å². The van der Waals surface area contributed by atoms with Crippen LogP contribution in [0.3, 0.4) is 0 Å². The van der Waals surface area contributed by atoms with Crippen LogP contribution in [-0.4, -0.2) is 12.1 Å². The Bertz CT molecular complexity index is 461. The van der Waals surface area contributed by atoms with E-state index in [4.69, 9.17) is 10.5 Å². The van der Waals surface area contributed by atoms with E-state index in [2.05, 4.69) is 22.6 Å². The standard InChI is InChI=1S/C15H22INO2/c1-10(2)19-13(18)14(3,4)11-7-6-8-12(9-11)15(5,16)17/h6-10H,17H2,1-5H3. The average Bonchev–Trinajstić information content (AvgIpc) is 2.27. The second-order valence-electron chi connectivity index (χ2n) is 5.74. The first-order valence-corrected chi connectivity index (χ1v) is 7.43. The van der Waals surface area contributed by atoms with Crippen molar-refractivity contribution in [1.29, 1.82) is 0 Å². The van der Waals surface area contributed by atoms with Gasteiger partial charge < -0.3 is 10.5 Å². The zero-order valence-corrected chi connectivity index (χ0v) is 14.3. The molecule has 0 heterocycles. The minimum absolute atomic E-state index is 0.112. The highest BCUT2D eigenvalue weighted by atomic mass is 127. The number of esters is 1. The average molecular weight is 375 g/mol. The summed E-state index contributed by atoms with van der Waals surface area (Å²) >= 11 is 2.19. The Morgan fingerprint density at radius 2 is 1.79 bits per heavy atom. The summed E-state index contributed by atoms with van der Waals surface area (Å²) in [5.41, 5.74) is 7.33.